The van der Waals surface area contributed by atoms with Gasteiger partial charge in [0, 0.05) is 26.2 Å². The molecule has 3 rings (SSSR count). The summed E-state index contributed by atoms with van der Waals surface area (Å²) in [6.45, 7) is 7.08. The molecule has 4 nitrogen and oxygen atoms in total. The molecule has 0 saturated carbocycles. The van der Waals surface area contributed by atoms with Crippen LogP contribution in [0.1, 0.15) is 19.3 Å². The van der Waals surface area contributed by atoms with Crippen molar-refractivity contribution in [2.45, 2.75) is 19.3 Å². The Morgan fingerprint density at radius 3 is 2.62 bits per heavy atom. The molecule has 2 saturated heterocycles. The summed E-state index contributed by atoms with van der Waals surface area (Å²) in [5.74, 6) is 1.18. The zero-order valence-corrected chi connectivity index (χ0v) is 12.5. The second-order valence-corrected chi connectivity index (χ2v) is 5.99. The minimum Gasteiger partial charge on any atom is -0.379 e. The third-order valence-electron chi connectivity index (χ3n) is 4.60. The number of morpholine rings is 1. The smallest absolute Gasteiger partial charge is 0.214 e. The highest BCUT2D eigenvalue weighted by molar-refractivity contribution is 5.38. The Labute approximate surface area is 125 Å². The topological polar surface area (TPSA) is 28.6 Å². The number of hydrogen-bond donors (Lipinski definition) is 0. The van der Waals surface area contributed by atoms with Gasteiger partial charge in [0.15, 0.2) is 0 Å². The van der Waals surface area contributed by atoms with Crippen LogP contribution in [0.15, 0.2) is 18.2 Å². The van der Waals surface area contributed by atoms with E-state index in [1.165, 1.54) is 31.9 Å². The van der Waals surface area contributed by atoms with Gasteiger partial charge in [-0.15, -0.1) is 0 Å². The van der Waals surface area contributed by atoms with Crippen LogP contribution in [0.4, 0.5) is 10.2 Å². The highest BCUT2D eigenvalue weighted by Crippen LogP contribution is 2.24. The van der Waals surface area contributed by atoms with Gasteiger partial charge in [0.05, 0.1) is 13.2 Å². The molecular weight excluding hydrogens is 269 g/mol. The average molecular weight is 293 g/mol. The minimum atomic E-state index is -0.387. The van der Waals surface area contributed by atoms with Crippen molar-refractivity contribution >= 4 is 5.82 Å². The molecule has 2 aliphatic heterocycles. The van der Waals surface area contributed by atoms with Gasteiger partial charge in [-0.2, -0.15) is 4.39 Å². The van der Waals surface area contributed by atoms with E-state index in [1.54, 1.807) is 6.07 Å². The minimum absolute atomic E-state index is 0.387. The highest BCUT2D eigenvalue weighted by Gasteiger charge is 2.21. The van der Waals surface area contributed by atoms with Crippen LogP contribution in [-0.4, -0.2) is 55.8 Å². The van der Waals surface area contributed by atoms with Crippen LogP contribution in [0.25, 0.3) is 0 Å². The lowest BCUT2D eigenvalue weighted by molar-refractivity contribution is 0.0349. The third-order valence-corrected chi connectivity index (χ3v) is 4.60. The third kappa shape index (κ3) is 4.14. The molecule has 2 fully saturated rings. The summed E-state index contributed by atoms with van der Waals surface area (Å²) < 4.78 is 18.6. The Kier molecular flexibility index (Phi) is 5.04. The van der Waals surface area contributed by atoms with E-state index >= 15 is 0 Å². The molecule has 3 heterocycles. The summed E-state index contributed by atoms with van der Waals surface area (Å²) >= 11 is 0. The summed E-state index contributed by atoms with van der Waals surface area (Å²) in [7, 11) is 0. The van der Waals surface area contributed by atoms with E-state index in [0.717, 1.165) is 51.1 Å². The number of hydrogen-bond acceptors (Lipinski definition) is 4. The normalized spacial score (nSPS) is 21.7. The number of anilines is 1. The van der Waals surface area contributed by atoms with E-state index in [4.69, 9.17) is 4.74 Å². The van der Waals surface area contributed by atoms with Crippen molar-refractivity contribution in [1.82, 2.24) is 9.88 Å². The second kappa shape index (κ2) is 7.18. The van der Waals surface area contributed by atoms with Crippen molar-refractivity contribution in [3.05, 3.63) is 24.1 Å². The first-order chi connectivity index (χ1) is 10.3. The molecule has 0 aliphatic carbocycles. The molecular formula is C16H24FN3O. The Bertz CT molecular complexity index is 443. The average Bonchev–Trinajstić information content (AvgIpc) is 2.54. The molecule has 21 heavy (non-hydrogen) atoms. The molecule has 0 amide bonds. The molecule has 0 aromatic carbocycles. The summed E-state index contributed by atoms with van der Waals surface area (Å²) in [4.78, 5) is 8.69. The Morgan fingerprint density at radius 2 is 1.90 bits per heavy atom. The van der Waals surface area contributed by atoms with E-state index in [2.05, 4.69) is 14.8 Å². The van der Waals surface area contributed by atoms with Gasteiger partial charge in [-0.1, -0.05) is 6.07 Å². The Hall–Kier alpha value is -1.20. The van der Waals surface area contributed by atoms with Gasteiger partial charge in [0.25, 0.3) is 0 Å². The summed E-state index contributed by atoms with van der Waals surface area (Å²) in [6.07, 6.45) is 3.63. The molecule has 1 aromatic heterocycles. The summed E-state index contributed by atoms with van der Waals surface area (Å²) in [5, 5.41) is 0. The van der Waals surface area contributed by atoms with Crippen molar-refractivity contribution in [3.63, 3.8) is 0 Å². The van der Waals surface area contributed by atoms with Crippen LogP contribution >= 0.6 is 0 Å². The van der Waals surface area contributed by atoms with Crippen molar-refractivity contribution in [1.29, 1.82) is 0 Å². The van der Waals surface area contributed by atoms with E-state index in [9.17, 15) is 4.39 Å². The number of rotatable bonds is 4. The molecule has 5 heteroatoms. The van der Waals surface area contributed by atoms with Crippen molar-refractivity contribution in [3.8, 4) is 0 Å². The van der Waals surface area contributed by atoms with Crippen LogP contribution in [0.5, 0.6) is 0 Å². The van der Waals surface area contributed by atoms with Gasteiger partial charge in [0.1, 0.15) is 5.82 Å². The fourth-order valence-corrected chi connectivity index (χ4v) is 3.21. The van der Waals surface area contributed by atoms with E-state index in [-0.39, 0.29) is 5.95 Å². The SMILES string of the molecule is Fc1cccc(N2CCC(CCN3CCOCC3)CC2)n1. The molecule has 0 N–H and O–H groups in total. The second-order valence-electron chi connectivity index (χ2n) is 5.99. The van der Waals surface area contributed by atoms with Crippen LogP contribution in [0.3, 0.4) is 0 Å². The highest BCUT2D eigenvalue weighted by atomic mass is 19.1. The quantitative estimate of drug-likeness (QED) is 0.796. The van der Waals surface area contributed by atoms with Gasteiger partial charge in [-0.05, 0) is 43.9 Å². The zero-order valence-electron chi connectivity index (χ0n) is 12.5. The number of halogens is 1. The van der Waals surface area contributed by atoms with Crippen molar-refractivity contribution < 1.29 is 9.13 Å². The number of pyridine rings is 1. The van der Waals surface area contributed by atoms with Crippen LogP contribution in [0.2, 0.25) is 0 Å². The monoisotopic (exact) mass is 293 g/mol. The van der Waals surface area contributed by atoms with Crippen molar-refractivity contribution in [2.24, 2.45) is 5.92 Å². The van der Waals surface area contributed by atoms with Gasteiger partial charge in [-0.3, -0.25) is 4.90 Å². The maximum absolute atomic E-state index is 13.2. The first-order valence-electron chi connectivity index (χ1n) is 7.99. The Morgan fingerprint density at radius 1 is 1.14 bits per heavy atom. The van der Waals surface area contributed by atoms with Gasteiger partial charge < -0.3 is 9.64 Å². The summed E-state index contributed by atoms with van der Waals surface area (Å²) in [6, 6.07) is 5.04. The van der Waals surface area contributed by atoms with Gasteiger partial charge in [0.2, 0.25) is 5.95 Å². The molecule has 1 aromatic rings. The molecule has 0 atom stereocenters. The van der Waals surface area contributed by atoms with E-state index in [1.807, 2.05) is 6.07 Å². The molecule has 2 aliphatic rings. The molecule has 0 spiro atoms. The lowest BCUT2D eigenvalue weighted by Gasteiger charge is -2.34. The molecule has 116 valence electrons. The Balaban J connectivity index is 1.42. The fourth-order valence-electron chi connectivity index (χ4n) is 3.21. The van der Waals surface area contributed by atoms with Crippen LogP contribution < -0.4 is 4.90 Å². The summed E-state index contributed by atoms with van der Waals surface area (Å²) in [5.41, 5.74) is 0. The van der Waals surface area contributed by atoms with E-state index in [0.29, 0.717) is 0 Å². The standard InChI is InChI=1S/C16H24FN3O/c17-15-2-1-3-16(18-15)20-8-5-14(6-9-20)4-7-19-10-12-21-13-11-19/h1-3,14H,4-13H2. The number of aromatic nitrogens is 1. The number of nitrogens with zero attached hydrogens (tertiary/aromatic N) is 3. The lowest BCUT2D eigenvalue weighted by atomic mass is 9.93. The first kappa shape index (κ1) is 14.7. The molecule has 0 bridgehead atoms. The van der Waals surface area contributed by atoms with Crippen LogP contribution in [-0.2, 0) is 4.74 Å². The molecule has 0 radical (unpaired) electrons. The first-order valence-corrected chi connectivity index (χ1v) is 7.99. The number of ether oxygens (including phenoxy) is 1. The fraction of sp³-hybridized carbons (Fsp3) is 0.688. The number of piperidine rings is 1. The largest absolute Gasteiger partial charge is 0.379 e. The maximum atomic E-state index is 13.2. The van der Waals surface area contributed by atoms with Crippen molar-refractivity contribution in [2.75, 3.05) is 50.8 Å². The van der Waals surface area contributed by atoms with Gasteiger partial charge in [-0.25, -0.2) is 4.98 Å². The van der Waals surface area contributed by atoms with E-state index < -0.39 is 0 Å². The zero-order chi connectivity index (χ0) is 14.5. The van der Waals surface area contributed by atoms with Gasteiger partial charge >= 0.3 is 0 Å². The molecule has 0 unspecified atom stereocenters. The predicted octanol–water partition coefficient (Wildman–Crippen LogP) is 2.16. The lowest BCUT2D eigenvalue weighted by Crippen LogP contribution is -2.39. The predicted molar refractivity (Wildman–Crippen MR) is 81.0 cm³/mol. The van der Waals surface area contributed by atoms with Crippen LogP contribution in [0, 0.1) is 11.9 Å². The maximum Gasteiger partial charge on any atom is 0.214 e.